The van der Waals surface area contributed by atoms with Gasteiger partial charge in [0.15, 0.2) is 0 Å². The quantitative estimate of drug-likeness (QED) is 0.779. The third-order valence-electron chi connectivity index (χ3n) is 6.02. The maximum atomic E-state index is 13.9. The number of imidazole rings is 1. The van der Waals surface area contributed by atoms with E-state index in [1.165, 1.54) is 0 Å². The Kier molecular flexibility index (Phi) is 2.72. The second kappa shape index (κ2) is 4.94. The Bertz CT molecular complexity index is 1090. The van der Waals surface area contributed by atoms with Crippen molar-refractivity contribution in [3.63, 3.8) is 0 Å². The third-order valence-corrected chi connectivity index (χ3v) is 6.02. The van der Waals surface area contributed by atoms with Gasteiger partial charge >= 0.3 is 0 Å². The topological polar surface area (TPSA) is 66.1 Å². The van der Waals surface area contributed by atoms with Crippen molar-refractivity contribution in [2.75, 3.05) is 24.5 Å². The van der Waals surface area contributed by atoms with Crippen molar-refractivity contribution in [3.05, 3.63) is 53.6 Å². The molecule has 0 bridgehead atoms. The van der Waals surface area contributed by atoms with Crippen molar-refractivity contribution in [1.82, 2.24) is 14.5 Å². The molecule has 1 aromatic heterocycles. The van der Waals surface area contributed by atoms with E-state index in [-0.39, 0.29) is 5.91 Å². The highest BCUT2D eigenvalue weighted by Crippen LogP contribution is 2.52. The first-order chi connectivity index (χ1) is 13.3. The number of likely N-dealkylation sites (N-methyl/N-ethyl adjacent to an activating group) is 1. The van der Waals surface area contributed by atoms with Gasteiger partial charge in [0.25, 0.3) is 0 Å². The molecule has 2 aromatic rings. The average molecular weight is 358 g/mol. The largest absolute Gasteiger partial charge is 0.315 e. The van der Waals surface area contributed by atoms with E-state index in [0.29, 0.717) is 13.0 Å². The lowest BCUT2D eigenvalue weighted by molar-refractivity contribution is -0.121. The number of carbonyl (C=O) groups excluding carboxylic acids is 1. The van der Waals surface area contributed by atoms with Gasteiger partial charge in [0.05, 0.1) is 18.5 Å². The molecule has 0 N–H and O–H groups in total. The minimum absolute atomic E-state index is 0.0969. The Hall–Kier alpha value is -3.22. The molecular formula is C20H18N6O. The van der Waals surface area contributed by atoms with E-state index in [1.54, 1.807) is 6.20 Å². The average Bonchev–Trinajstić information content (AvgIpc) is 3.40. The van der Waals surface area contributed by atoms with E-state index in [2.05, 4.69) is 16.0 Å². The van der Waals surface area contributed by atoms with Gasteiger partial charge in [-0.3, -0.25) is 14.4 Å². The molecule has 6 rings (SSSR count). The molecule has 1 atom stereocenters. The summed E-state index contributed by atoms with van der Waals surface area (Å²) in [5.41, 5.74) is 2.12. The van der Waals surface area contributed by atoms with E-state index in [9.17, 15) is 4.79 Å². The number of aliphatic imine (C=N–C) groups is 2. The zero-order valence-electron chi connectivity index (χ0n) is 15.0. The van der Waals surface area contributed by atoms with Gasteiger partial charge < -0.3 is 9.80 Å². The maximum Gasteiger partial charge on any atom is 0.242 e. The van der Waals surface area contributed by atoms with Crippen molar-refractivity contribution >= 4 is 29.6 Å². The monoisotopic (exact) mass is 358 g/mol. The molecule has 1 spiro atoms. The zero-order chi connectivity index (χ0) is 18.2. The van der Waals surface area contributed by atoms with Gasteiger partial charge in [-0.1, -0.05) is 18.2 Å². The molecule has 4 aliphatic rings. The molecule has 4 aliphatic heterocycles. The number of amidine groups is 1. The number of carbonyl (C=O) groups is 1. The fourth-order valence-corrected chi connectivity index (χ4v) is 4.88. The van der Waals surface area contributed by atoms with E-state index in [4.69, 9.17) is 9.98 Å². The van der Waals surface area contributed by atoms with Crippen LogP contribution in [0.15, 0.2) is 52.2 Å². The summed E-state index contributed by atoms with van der Waals surface area (Å²) >= 11 is 0. The zero-order valence-corrected chi connectivity index (χ0v) is 15.0. The lowest BCUT2D eigenvalue weighted by Crippen LogP contribution is -2.51. The number of amides is 1. The lowest BCUT2D eigenvalue weighted by Gasteiger charge is -2.39. The molecule has 0 radical (unpaired) electrons. The van der Waals surface area contributed by atoms with Crippen LogP contribution in [0.3, 0.4) is 0 Å². The summed E-state index contributed by atoms with van der Waals surface area (Å²) in [7, 11) is 0. The Labute approximate surface area is 156 Å². The fraction of sp³-hybridized carbons (Fsp3) is 0.300. The molecule has 0 saturated carbocycles. The summed E-state index contributed by atoms with van der Waals surface area (Å²) in [6, 6.07) is 8.11. The van der Waals surface area contributed by atoms with Gasteiger partial charge in [0.1, 0.15) is 22.9 Å². The smallest absolute Gasteiger partial charge is 0.242 e. The van der Waals surface area contributed by atoms with Gasteiger partial charge in [0, 0.05) is 37.6 Å². The van der Waals surface area contributed by atoms with Crippen LogP contribution in [0, 0.1) is 0 Å². The van der Waals surface area contributed by atoms with Crippen LogP contribution in [0.4, 0.5) is 5.69 Å². The Morgan fingerprint density at radius 1 is 1.26 bits per heavy atom. The number of nitrogens with zero attached hydrogens (tertiary/aromatic N) is 6. The molecule has 7 nitrogen and oxygen atoms in total. The van der Waals surface area contributed by atoms with E-state index in [0.717, 1.165) is 47.4 Å². The Morgan fingerprint density at radius 2 is 2.15 bits per heavy atom. The third kappa shape index (κ3) is 1.63. The second-order valence-electron chi connectivity index (χ2n) is 7.20. The van der Waals surface area contributed by atoms with Gasteiger partial charge in [-0.05, 0) is 18.6 Å². The standard InChI is InChI=1S/C20H18N6O/c1-2-25-14-6-4-3-5-13(14)20(19(25)27)11-15-21-8-10-26(15)18-16(20)17-22-7-9-24(17)12-23-18/h3-6,8,10,12H,2,7,9,11H2,1H3. The first-order valence-corrected chi connectivity index (χ1v) is 9.30. The summed E-state index contributed by atoms with van der Waals surface area (Å²) in [4.78, 5) is 31.9. The van der Waals surface area contributed by atoms with Gasteiger partial charge in [-0.15, -0.1) is 0 Å². The number of fused-ring (bicyclic) bond motifs is 7. The predicted octanol–water partition coefficient (Wildman–Crippen LogP) is 1.67. The first kappa shape index (κ1) is 14.9. The number of benzene rings is 1. The highest BCUT2D eigenvalue weighted by atomic mass is 16.2. The minimum atomic E-state index is -0.817. The molecule has 5 heterocycles. The van der Waals surface area contributed by atoms with E-state index >= 15 is 0 Å². The SMILES string of the molecule is CCN1C(=O)C2(Cc3nccn3C3=C2C2=NCCN2C=N3)c2ccccc21. The van der Waals surface area contributed by atoms with Crippen LogP contribution in [-0.4, -0.2) is 52.2 Å². The van der Waals surface area contributed by atoms with E-state index in [1.807, 2.05) is 47.1 Å². The van der Waals surface area contributed by atoms with E-state index < -0.39 is 5.41 Å². The van der Waals surface area contributed by atoms with Crippen LogP contribution >= 0.6 is 0 Å². The number of anilines is 1. The molecule has 0 aliphatic carbocycles. The van der Waals surface area contributed by atoms with Crippen LogP contribution in [0.5, 0.6) is 0 Å². The molecular weight excluding hydrogens is 340 g/mol. The normalized spacial score (nSPS) is 24.9. The number of para-hydroxylation sites is 1. The molecule has 134 valence electrons. The lowest BCUT2D eigenvalue weighted by atomic mass is 9.69. The molecule has 1 aromatic carbocycles. The summed E-state index contributed by atoms with van der Waals surface area (Å²) in [6.45, 7) is 4.17. The molecule has 0 fully saturated rings. The molecule has 1 unspecified atom stereocenters. The van der Waals surface area contributed by atoms with Crippen LogP contribution in [0.1, 0.15) is 18.3 Å². The van der Waals surface area contributed by atoms with Gasteiger partial charge in [0.2, 0.25) is 5.91 Å². The number of hydrogen-bond acceptors (Lipinski definition) is 5. The first-order valence-electron chi connectivity index (χ1n) is 9.30. The summed E-state index contributed by atoms with van der Waals surface area (Å²) in [5, 5.41) is 0. The van der Waals surface area contributed by atoms with Gasteiger partial charge in [-0.2, -0.15) is 0 Å². The maximum absolute atomic E-state index is 13.9. The molecule has 27 heavy (non-hydrogen) atoms. The van der Waals surface area contributed by atoms with Crippen molar-refractivity contribution in [3.8, 4) is 0 Å². The van der Waals surface area contributed by atoms with Crippen molar-refractivity contribution in [1.29, 1.82) is 0 Å². The second-order valence-corrected chi connectivity index (χ2v) is 7.20. The highest BCUT2D eigenvalue weighted by Gasteiger charge is 2.59. The Morgan fingerprint density at radius 3 is 3.04 bits per heavy atom. The molecule has 0 saturated heterocycles. The summed E-state index contributed by atoms with van der Waals surface area (Å²) < 4.78 is 2.00. The predicted molar refractivity (Wildman–Crippen MR) is 103 cm³/mol. The van der Waals surface area contributed by atoms with Crippen molar-refractivity contribution in [2.24, 2.45) is 9.98 Å². The Balaban J connectivity index is 1.72. The number of aromatic nitrogens is 2. The van der Waals surface area contributed by atoms with Crippen molar-refractivity contribution < 1.29 is 4.79 Å². The number of rotatable bonds is 1. The van der Waals surface area contributed by atoms with Crippen molar-refractivity contribution in [2.45, 2.75) is 18.8 Å². The van der Waals surface area contributed by atoms with Crippen LogP contribution in [0.2, 0.25) is 0 Å². The minimum Gasteiger partial charge on any atom is -0.315 e. The molecule has 7 heteroatoms. The summed E-state index contributed by atoms with van der Waals surface area (Å²) in [6.07, 6.45) is 6.05. The van der Waals surface area contributed by atoms with Crippen LogP contribution in [-0.2, 0) is 16.6 Å². The molecule has 1 amide bonds. The van der Waals surface area contributed by atoms with Crippen LogP contribution in [0.25, 0.3) is 5.82 Å². The number of hydrogen-bond donors (Lipinski definition) is 0. The van der Waals surface area contributed by atoms with Crippen LogP contribution < -0.4 is 4.90 Å². The summed E-state index contributed by atoms with van der Waals surface area (Å²) in [5.74, 6) is 2.60. The van der Waals surface area contributed by atoms with Gasteiger partial charge in [-0.25, -0.2) is 9.98 Å². The fourth-order valence-electron chi connectivity index (χ4n) is 4.88. The highest BCUT2D eigenvalue weighted by molar-refractivity contribution is 6.22.